The molecule has 0 spiro atoms. The maximum absolute atomic E-state index is 11.8. The minimum atomic E-state index is -0.986. The van der Waals surface area contributed by atoms with Crippen molar-refractivity contribution in [3.63, 3.8) is 0 Å². The van der Waals surface area contributed by atoms with Crippen molar-refractivity contribution in [1.82, 2.24) is 9.78 Å². The van der Waals surface area contributed by atoms with Gasteiger partial charge in [0, 0.05) is 10.7 Å². The zero-order valence-corrected chi connectivity index (χ0v) is 12.0. The Labute approximate surface area is 123 Å². The summed E-state index contributed by atoms with van der Waals surface area (Å²) in [4.78, 5) is 22.4. The van der Waals surface area contributed by atoms with Gasteiger partial charge in [0.25, 0.3) is 0 Å². The van der Waals surface area contributed by atoms with Gasteiger partial charge >= 0.3 is 5.97 Å². The smallest absolute Gasteiger partial charge is 0.325 e. The first-order valence-corrected chi connectivity index (χ1v) is 6.61. The molecule has 0 aliphatic rings. The number of benzene rings is 1. The highest BCUT2D eigenvalue weighted by atomic mass is 79.9. The van der Waals surface area contributed by atoms with E-state index in [1.54, 1.807) is 0 Å². The predicted octanol–water partition coefficient (Wildman–Crippen LogP) is 1.91. The summed E-state index contributed by atoms with van der Waals surface area (Å²) in [5.74, 6) is -1.17. The number of carbonyl (C=O) groups is 2. The zero-order chi connectivity index (χ0) is 14.5. The summed E-state index contributed by atoms with van der Waals surface area (Å²) < 4.78 is 2.16. The summed E-state index contributed by atoms with van der Waals surface area (Å²) in [7, 11) is 0. The molecule has 7 heteroatoms. The minimum absolute atomic E-state index is 0.182. The van der Waals surface area contributed by atoms with E-state index in [1.165, 1.54) is 17.1 Å². The number of halogens is 1. The second kappa shape index (κ2) is 6.33. The highest BCUT2D eigenvalue weighted by Gasteiger charge is 2.07. The summed E-state index contributed by atoms with van der Waals surface area (Å²) in [6.45, 7) is -0.235. The Bertz CT molecular complexity index is 639. The van der Waals surface area contributed by atoms with Crippen LogP contribution in [-0.2, 0) is 22.6 Å². The van der Waals surface area contributed by atoms with E-state index in [0.29, 0.717) is 5.69 Å². The van der Waals surface area contributed by atoms with Gasteiger partial charge in [0.2, 0.25) is 5.91 Å². The van der Waals surface area contributed by atoms with Crippen molar-refractivity contribution in [2.24, 2.45) is 0 Å². The molecule has 104 valence electrons. The van der Waals surface area contributed by atoms with Gasteiger partial charge in [0.05, 0.1) is 18.3 Å². The van der Waals surface area contributed by atoms with Crippen LogP contribution in [0.25, 0.3) is 0 Å². The monoisotopic (exact) mass is 337 g/mol. The van der Waals surface area contributed by atoms with Crippen LogP contribution in [0.3, 0.4) is 0 Å². The lowest BCUT2D eigenvalue weighted by molar-refractivity contribution is -0.137. The molecule has 0 saturated heterocycles. The molecule has 0 fully saturated rings. The number of hydrogen-bond donors (Lipinski definition) is 2. The number of anilines is 1. The van der Waals surface area contributed by atoms with Crippen molar-refractivity contribution in [1.29, 1.82) is 0 Å². The minimum Gasteiger partial charge on any atom is -0.480 e. The lowest BCUT2D eigenvalue weighted by Crippen LogP contribution is -2.14. The van der Waals surface area contributed by atoms with Crippen LogP contribution >= 0.6 is 15.9 Å². The molecule has 20 heavy (non-hydrogen) atoms. The van der Waals surface area contributed by atoms with Crippen molar-refractivity contribution in [3.05, 3.63) is 46.7 Å². The SMILES string of the molecule is O=C(O)Cn1cc(NC(=O)Cc2cccc(Br)c2)cn1. The molecular formula is C13H12BrN3O3. The number of nitrogens with one attached hydrogen (secondary N) is 1. The van der Waals surface area contributed by atoms with Gasteiger partial charge < -0.3 is 10.4 Å². The van der Waals surface area contributed by atoms with Gasteiger partial charge in [-0.2, -0.15) is 5.10 Å². The van der Waals surface area contributed by atoms with Crippen LogP contribution in [0.5, 0.6) is 0 Å². The van der Waals surface area contributed by atoms with Gasteiger partial charge in [-0.1, -0.05) is 28.1 Å². The lowest BCUT2D eigenvalue weighted by atomic mass is 10.1. The quantitative estimate of drug-likeness (QED) is 0.872. The molecule has 1 amide bonds. The van der Waals surface area contributed by atoms with Crippen LogP contribution in [0.2, 0.25) is 0 Å². The number of hydrogen-bond acceptors (Lipinski definition) is 3. The Balaban J connectivity index is 1.94. The number of nitrogens with zero attached hydrogens (tertiary/aromatic N) is 2. The maximum atomic E-state index is 11.8. The molecule has 0 aliphatic carbocycles. The van der Waals surface area contributed by atoms with Gasteiger partial charge in [-0.3, -0.25) is 14.3 Å². The van der Waals surface area contributed by atoms with E-state index in [1.807, 2.05) is 24.3 Å². The van der Waals surface area contributed by atoms with Crippen LogP contribution in [-0.4, -0.2) is 26.8 Å². The number of carboxylic acid groups (broad SMARTS) is 1. The Kier molecular flexibility index (Phi) is 4.52. The molecule has 2 rings (SSSR count). The second-order valence-electron chi connectivity index (χ2n) is 4.18. The molecule has 6 nitrogen and oxygen atoms in total. The molecule has 1 aromatic heterocycles. The molecule has 1 heterocycles. The molecule has 0 aliphatic heterocycles. The molecule has 1 aromatic carbocycles. The average molecular weight is 338 g/mol. The number of aliphatic carboxylic acids is 1. The fourth-order valence-electron chi connectivity index (χ4n) is 1.69. The molecule has 2 N–H and O–H groups in total. The molecule has 0 saturated carbocycles. The fraction of sp³-hybridized carbons (Fsp3) is 0.154. The Morgan fingerprint density at radius 2 is 2.20 bits per heavy atom. The third-order valence-electron chi connectivity index (χ3n) is 2.47. The Morgan fingerprint density at radius 1 is 1.40 bits per heavy atom. The first-order chi connectivity index (χ1) is 9.52. The first kappa shape index (κ1) is 14.3. The predicted molar refractivity (Wildman–Crippen MR) is 76.3 cm³/mol. The second-order valence-corrected chi connectivity index (χ2v) is 5.09. The third kappa shape index (κ3) is 4.20. The van der Waals surface area contributed by atoms with E-state index in [2.05, 4.69) is 26.3 Å². The Morgan fingerprint density at radius 3 is 2.90 bits per heavy atom. The van der Waals surface area contributed by atoms with E-state index >= 15 is 0 Å². The first-order valence-electron chi connectivity index (χ1n) is 5.81. The van der Waals surface area contributed by atoms with E-state index in [0.717, 1.165) is 10.0 Å². The molecule has 0 atom stereocenters. The molecular weight excluding hydrogens is 326 g/mol. The van der Waals surface area contributed by atoms with Gasteiger partial charge in [-0.25, -0.2) is 0 Å². The van der Waals surface area contributed by atoms with Crippen LogP contribution < -0.4 is 5.32 Å². The highest BCUT2D eigenvalue weighted by molar-refractivity contribution is 9.10. The highest BCUT2D eigenvalue weighted by Crippen LogP contribution is 2.13. The van der Waals surface area contributed by atoms with Crippen LogP contribution in [0.15, 0.2) is 41.1 Å². The normalized spacial score (nSPS) is 10.2. The van der Waals surface area contributed by atoms with E-state index < -0.39 is 5.97 Å². The summed E-state index contributed by atoms with van der Waals surface area (Å²) in [5, 5.41) is 15.1. The van der Waals surface area contributed by atoms with Gasteiger partial charge in [-0.05, 0) is 17.7 Å². The fourth-order valence-corrected chi connectivity index (χ4v) is 2.14. The van der Waals surface area contributed by atoms with Crippen molar-refractivity contribution in [2.45, 2.75) is 13.0 Å². The summed E-state index contributed by atoms with van der Waals surface area (Å²) in [5.41, 5.74) is 1.36. The largest absolute Gasteiger partial charge is 0.480 e. The Hall–Kier alpha value is -2.15. The van der Waals surface area contributed by atoms with Gasteiger partial charge in [0.15, 0.2) is 0 Å². The summed E-state index contributed by atoms with van der Waals surface area (Å²) >= 11 is 3.34. The molecule has 2 aromatic rings. The maximum Gasteiger partial charge on any atom is 0.325 e. The standard InChI is InChI=1S/C13H12BrN3O3/c14-10-3-1-2-9(4-10)5-12(18)16-11-6-15-17(7-11)8-13(19)20/h1-4,6-7H,5,8H2,(H,16,18)(H,19,20). The van der Waals surface area contributed by atoms with E-state index in [9.17, 15) is 9.59 Å². The third-order valence-corrected chi connectivity index (χ3v) is 2.96. The summed E-state index contributed by atoms with van der Waals surface area (Å²) in [6.07, 6.45) is 3.14. The average Bonchev–Trinajstić information content (AvgIpc) is 2.75. The van der Waals surface area contributed by atoms with Crippen molar-refractivity contribution in [2.75, 3.05) is 5.32 Å². The number of aromatic nitrogens is 2. The van der Waals surface area contributed by atoms with Crippen molar-refractivity contribution in [3.8, 4) is 0 Å². The van der Waals surface area contributed by atoms with Gasteiger partial charge in [-0.15, -0.1) is 0 Å². The van der Waals surface area contributed by atoms with E-state index in [-0.39, 0.29) is 18.9 Å². The molecule has 0 radical (unpaired) electrons. The van der Waals surface area contributed by atoms with Gasteiger partial charge in [0.1, 0.15) is 6.54 Å². The van der Waals surface area contributed by atoms with Crippen molar-refractivity contribution >= 4 is 33.5 Å². The van der Waals surface area contributed by atoms with Crippen LogP contribution in [0.4, 0.5) is 5.69 Å². The number of carbonyl (C=O) groups excluding carboxylic acids is 1. The molecule has 0 unspecified atom stereocenters. The van der Waals surface area contributed by atoms with Crippen molar-refractivity contribution < 1.29 is 14.7 Å². The van der Waals surface area contributed by atoms with Crippen LogP contribution in [0.1, 0.15) is 5.56 Å². The number of rotatable bonds is 5. The topological polar surface area (TPSA) is 84.2 Å². The van der Waals surface area contributed by atoms with Crippen LogP contribution in [0, 0.1) is 0 Å². The molecule has 0 bridgehead atoms. The summed E-state index contributed by atoms with van der Waals surface area (Å²) in [6, 6.07) is 7.47. The zero-order valence-electron chi connectivity index (χ0n) is 10.4. The lowest BCUT2D eigenvalue weighted by Gasteiger charge is -2.03. The number of carboxylic acids is 1. The number of amides is 1. The van der Waals surface area contributed by atoms with E-state index in [4.69, 9.17) is 5.11 Å².